The highest BCUT2D eigenvalue weighted by Crippen LogP contribution is 2.42. The van der Waals surface area contributed by atoms with E-state index in [-0.39, 0.29) is 30.1 Å². The highest BCUT2D eigenvalue weighted by molar-refractivity contribution is 6.04. The number of rotatable bonds is 4. The normalized spacial score (nSPS) is 26.7. The molecule has 1 aromatic rings. The predicted molar refractivity (Wildman–Crippen MR) is 119 cm³/mol. The van der Waals surface area contributed by atoms with Crippen molar-refractivity contribution in [3.05, 3.63) is 23.8 Å². The van der Waals surface area contributed by atoms with Crippen LogP contribution in [0.25, 0.3) is 0 Å². The summed E-state index contributed by atoms with van der Waals surface area (Å²) in [6, 6.07) is 6.73. The Morgan fingerprint density at radius 1 is 1.10 bits per heavy atom. The van der Waals surface area contributed by atoms with Crippen LogP contribution in [0, 0.1) is 5.92 Å². The van der Waals surface area contributed by atoms with Gasteiger partial charge in [-0.3, -0.25) is 15.1 Å². The molecule has 168 valence electrons. The zero-order valence-electron chi connectivity index (χ0n) is 18.6. The highest BCUT2D eigenvalue weighted by atomic mass is 16.6. The van der Waals surface area contributed by atoms with Crippen LogP contribution in [0.1, 0.15) is 45.1 Å². The number of amides is 2. The maximum Gasteiger partial charge on any atom is 0.414 e. The van der Waals surface area contributed by atoms with Gasteiger partial charge in [0, 0.05) is 50.6 Å². The Bertz CT molecular complexity index is 867. The average molecular weight is 428 g/mol. The molecule has 1 saturated carbocycles. The van der Waals surface area contributed by atoms with Crippen molar-refractivity contribution >= 4 is 23.4 Å². The van der Waals surface area contributed by atoms with Crippen molar-refractivity contribution in [1.82, 2.24) is 15.8 Å². The lowest BCUT2D eigenvalue weighted by atomic mass is 9.96. The summed E-state index contributed by atoms with van der Waals surface area (Å²) in [4.78, 5) is 29.6. The standard InChI is InChI=1S/C23H33N5O3/c1-14(2)31-23(30)26-12-15(3)28(22(29)16-4-5-16)20-7-6-17(8-21(20)26)18-9-25-27(13-18)19-10-24-11-19/h6-8,14-16,18-19,24-25H,4-5,9-13H2,1-3H3/t15-,18?/m0/s1. The fourth-order valence-corrected chi connectivity index (χ4v) is 4.79. The molecular weight excluding hydrogens is 394 g/mol. The van der Waals surface area contributed by atoms with Crippen molar-refractivity contribution in [2.24, 2.45) is 5.92 Å². The van der Waals surface area contributed by atoms with Crippen molar-refractivity contribution in [2.75, 3.05) is 42.5 Å². The molecule has 2 amide bonds. The van der Waals surface area contributed by atoms with Crippen molar-refractivity contribution in [3.63, 3.8) is 0 Å². The molecule has 3 fully saturated rings. The van der Waals surface area contributed by atoms with Crippen LogP contribution in [-0.2, 0) is 9.53 Å². The fourth-order valence-electron chi connectivity index (χ4n) is 4.79. The lowest BCUT2D eigenvalue weighted by Gasteiger charge is -2.41. The van der Waals surface area contributed by atoms with Crippen LogP contribution in [0.5, 0.6) is 0 Å². The van der Waals surface area contributed by atoms with Gasteiger partial charge in [-0.2, -0.15) is 0 Å². The molecule has 0 aromatic heterocycles. The molecule has 1 unspecified atom stereocenters. The SMILES string of the molecule is CC(C)OC(=O)N1C[C@H](C)N(C(=O)C2CC2)c2ccc(C3CNN(C4CNC4)C3)cc21. The maximum absolute atomic E-state index is 13.1. The van der Waals surface area contributed by atoms with Crippen LogP contribution in [0.3, 0.4) is 0 Å². The van der Waals surface area contributed by atoms with Gasteiger partial charge in [-0.05, 0) is 51.3 Å². The Hall–Kier alpha value is -2.16. The van der Waals surface area contributed by atoms with Gasteiger partial charge in [-0.25, -0.2) is 9.80 Å². The monoisotopic (exact) mass is 427 g/mol. The summed E-state index contributed by atoms with van der Waals surface area (Å²) in [5, 5.41) is 5.65. The molecule has 3 heterocycles. The first-order chi connectivity index (χ1) is 14.9. The van der Waals surface area contributed by atoms with E-state index in [0.717, 1.165) is 50.4 Å². The van der Waals surface area contributed by atoms with Crippen LogP contribution in [0.15, 0.2) is 18.2 Å². The van der Waals surface area contributed by atoms with E-state index in [1.165, 1.54) is 5.56 Å². The van der Waals surface area contributed by atoms with Gasteiger partial charge in [0.1, 0.15) is 0 Å². The smallest absolute Gasteiger partial charge is 0.414 e. The maximum atomic E-state index is 13.1. The molecule has 31 heavy (non-hydrogen) atoms. The summed E-state index contributed by atoms with van der Waals surface area (Å²) in [7, 11) is 0. The molecule has 2 saturated heterocycles. The molecule has 0 bridgehead atoms. The Kier molecular flexibility index (Phi) is 5.40. The van der Waals surface area contributed by atoms with E-state index in [1.54, 1.807) is 4.90 Å². The first-order valence-corrected chi connectivity index (χ1v) is 11.6. The molecule has 3 aliphatic heterocycles. The molecule has 0 radical (unpaired) electrons. The number of hydrogen-bond acceptors (Lipinski definition) is 6. The second-order valence-corrected chi connectivity index (χ2v) is 9.65. The summed E-state index contributed by atoms with van der Waals surface area (Å²) in [6.07, 6.45) is 1.40. The molecule has 5 rings (SSSR count). The zero-order chi connectivity index (χ0) is 21.7. The van der Waals surface area contributed by atoms with Gasteiger partial charge in [-0.15, -0.1) is 0 Å². The van der Waals surface area contributed by atoms with Crippen molar-refractivity contribution < 1.29 is 14.3 Å². The second-order valence-electron chi connectivity index (χ2n) is 9.65. The van der Waals surface area contributed by atoms with Gasteiger partial charge < -0.3 is 15.0 Å². The third-order valence-corrected chi connectivity index (χ3v) is 6.79. The Balaban J connectivity index is 1.45. The van der Waals surface area contributed by atoms with Gasteiger partial charge in [0.15, 0.2) is 0 Å². The molecule has 2 atom stereocenters. The summed E-state index contributed by atoms with van der Waals surface area (Å²) < 4.78 is 5.54. The highest BCUT2D eigenvalue weighted by Gasteiger charge is 2.42. The largest absolute Gasteiger partial charge is 0.446 e. The van der Waals surface area contributed by atoms with E-state index in [0.29, 0.717) is 18.5 Å². The molecular formula is C23H33N5O3. The zero-order valence-corrected chi connectivity index (χ0v) is 18.6. The number of carbonyl (C=O) groups is 2. The molecule has 1 aromatic carbocycles. The van der Waals surface area contributed by atoms with Gasteiger partial charge in [0.2, 0.25) is 5.91 Å². The average Bonchev–Trinajstić information content (AvgIpc) is 3.43. The quantitative estimate of drug-likeness (QED) is 0.766. The van der Waals surface area contributed by atoms with E-state index in [2.05, 4.69) is 27.9 Å². The number of carbonyl (C=O) groups excluding carboxylic acids is 2. The minimum Gasteiger partial charge on any atom is -0.446 e. The molecule has 1 aliphatic carbocycles. The number of ether oxygens (including phenoxy) is 1. The van der Waals surface area contributed by atoms with E-state index >= 15 is 0 Å². The van der Waals surface area contributed by atoms with Crippen LogP contribution in [-0.4, -0.2) is 67.9 Å². The van der Waals surface area contributed by atoms with E-state index < -0.39 is 0 Å². The molecule has 0 spiro atoms. The minimum atomic E-state index is -0.342. The van der Waals surface area contributed by atoms with Gasteiger partial charge in [-0.1, -0.05) is 6.07 Å². The minimum absolute atomic E-state index is 0.0825. The number of benzene rings is 1. The molecule has 8 heteroatoms. The number of hydrazine groups is 1. The Morgan fingerprint density at radius 3 is 2.52 bits per heavy atom. The second kappa shape index (κ2) is 8.07. The van der Waals surface area contributed by atoms with Crippen LogP contribution < -0.4 is 20.5 Å². The Morgan fingerprint density at radius 2 is 1.87 bits per heavy atom. The first-order valence-electron chi connectivity index (χ1n) is 11.6. The van der Waals surface area contributed by atoms with E-state index in [9.17, 15) is 9.59 Å². The topological polar surface area (TPSA) is 77.2 Å². The number of nitrogens with zero attached hydrogens (tertiary/aromatic N) is 3. The Labute approximate surface area is 183 Å². The first kappa shape index (κ1) is 20.7. The van der Waals surface area contributed by atoms with Crippen molar-refractivity contribution in [3.8, 4) is 0 Å². The number of anilines is 2. The third-order valence-electron chi connectivity index (χ3n) is 6.79. The number of hydrogen-bond donors (Lipinski definition) is 2. The van der Waals surface area contributed by atoms with Gasteiger partial charge in [0.25, 0.3) is 0 Å². The lowest BCUT2D eigenvalue weighted by Crippen LogP contribution is -2.59. The third kappa shape index (κ3) is 3.92. The lowest BCUT2D eigenvalue weighted by molar-refractivity contribution is -0.120. The van der Waals surface area contributed by atoms with Crippen molar-refractivity contribution in [1.29, 1.82) is 0 Å². The summed E-state index contributed by atoms with van der Waals surface area (Å²) in [5.41, 5.74) is 6.34. The van der Waals surface area contributed by atoms with E-state index in [1.807, 2.05) is 31.7 Å². The molecule has 4 aliphatic rings. The van der Waals surface area contributed by atoms with Crippen molar-refractivity contribution in [2.45, 2.75) is 57.7 Å². The predicted octanol–water partition coefficient (Wildman–Crippen LogP) is 2.06. The molecule has 8 nitrogen and oxygen atoms in total. The van der Waals surface area contributed by atoms with Gasteiger partial charge in [0.05, 0.1) is 23.5 Å². The number of fused-ring (bicyclic) bond motifs is 1. The van der Waals surface area contributed by atoms with Crippen LogP contribution in [0.4, 0.5) is 16.2 Å². The van der Waals surface area contributed by atoms with Crippen LogP contribution in [0.2, 0.25) is 0 Å². The van der Waals surface area contributed by atoms with Gasteiger partial charge >= 0.3 is 6.09 Å². The number of nitrogens with one attached hydrogen (secondary N) is 2. The molecule has 2 N–H and O–H groups in total. The summed E-state index contributed by atoms with van der Waals surface area (Å²) >= 11 is 0. The van der Waals surface area contributed by atoms with Crippen LogP contribution >= 0.6 is 0 Å². The summed E-state index contributed by atoms with van der Waals surface area (Å²) in [5.74, 6) is 0.665. The fraction of sp³-hybridized carbons (Fsp3) is 0.652. The van der Waals surface area contributed by atoms with E-state index in [4.69, 9.17) is 4.74 Å². The summed E-state index contributed by atoms with van der Waals surface area (Å²) in [6.45, 7) is 10.1.